The summed E-state index contributed by atoms with van der Waals surface area (Å²) < 4.78 is 12.0. The molecule has 27 heavy (non-hydrogen) atoms. The second-order valence-corrected chi connectivity index (χ2v) is 7.33. The highest BCUT2D eigenvalue weighted by Crippen LogP contribution is 2.31. The van der Waals surface area contributed by atoms with Crippen LogP contribution in [-0.2, 0) is 16.0 Å². The Bertz CT molecular complexity index is 869. The summed E-state index contributed by atoms with van der Waals surface area (Å²) in [5.41, 5.74) is 2.50. The number of fused-ring (bicyclic) bond motifs is 1. The summed E-state index contributed by atoms with van der Waals surface area (Å²) in [5.74, 6) is 0.959. The van der Waals surface area contributed by atoms with Crippen LogP contribution in [0.3, 0.4) is 0 Å². The highest BCUT2D eigenvalue weighted by molar-refractivity contribution is 9.10. The molecule has 0 radical (unpaired) electrons. The van der Waals surface area contributed by atoms with Crippen LogP contribution in [-0.4, -0.2) is 43.5 Å². The van der Waals surface area contributed by atoms with E-state index >= 15 is 0 Å². The summed E-state index contributed by atoms with van der Waals surface area (Å²) in [6, 6.07) is 11.1. The van der Waals surface area contributed by atoms with Crippen LogP contribution in [0.25, 0.3) is 0 Å². The number of amides is 2. The molecule has 2 amide bonds. The lowest BCUT2D eigenvalue weighted by Gasteiger charge is -2.20. The van der Waals surface area contributed by atoms with Crippen LogP contribution in [0.1, 0.15) is 11.1 Å². The highest BCUT2D eigenvalue weighted by Gasteiger charge is 2.17. The average Bonchev–Trinajstić information content (AvgIpc) is 2.64. The van der Waals surface area contributed by atoms with Gasteiger partial charge in [0.1, 0.15) is 13.2 Å². The fraction of sp³-hybridized carbons (Fsp3) is 0.300. The van der Waals surface area contributed by atoms with Crippen molar-refractivity contribution in [3.8, 4) is 11.5 Å². The van der Waals surface area contributed by atoms with Crippen molar-refractivity contribution in [1.29, 1.82) is 0 Å². The van der Waals surface area contributed by atoms with Gasteiger partial charge in [0.25, 0.3) is 0 Å². The van der Waals surface area contributed by atoms with Gasteiger partial charge in [-0.25, -0.2) is 0 Å². The van der Waals surface area contributed by atoms with Gasteiger partial charge in [-0.3, -0.25) is 9.59 Å². The van der Waals surface area contributed by atoms with E-state index in [0.29, 0.717) is 24.7 Å². The first-order valence-corrected chi connectivity index (χ1v) is 9.40. The minimum absolute atomic E-state index is 0.0150. The topological polar surface area (TPSA) is 67.9 Å². The van der Waals surface area contributed by atoms with Gasteiger partial charge in [0, 0.05) is 17.2 Å². The molecule has 0 saturated carbocycles. The normalized spacial score (nSPS) is 12.4. The zero-order valence-electron chi connectivity index (χ0n) is 15.3. The number of carbonyl (C=O) groups excluding carboxylic acids is 2. The number of rotatable bonds is 5. The zero-order valence-corrected chi connectivity index (χ0v) is 16.8. The molecule has 1 heterocycles. The van der Waals surface area contributed by atoms with Gasteiger partial charge in [-0.2, -0.15) is 0 Å². The quantitative estimate of drug-likeness (QED) is 0.787. The number of nitrogens with one attached hydrogen (secondary N) is 1. The molecule has 142 valence electrons. The van der Waals surface area contributed by atoms with E-state index in [1.807, 2.05) is 37.3 Å². The first-order valence-electron chi connectivity index (χ1n) is 8.61. The number of halogens is 1. The number of nitrogens with zero attached hydrogens (tertiary/aromatic N) is 1. The lowest BCUT2D eigenvalue weighted by atomic mass is 10.1. The maximum atomic E-state index is 12.4. The Labute approximate surface area is 166 Å². The number of benzene rings is 2. The molecule has 2 aromatic rings. The summed E-state index contributed by atoms with van der Waals surface area (Å²) in [6.07, 6.45) is 0.192. The smallest absolute Gasteiger partial charge is 0.243 e. The van der Waals surface area contributed by atoms with Gasteiger partial charge in [0.05, 0.1) is 13.0 Å². The summed E-state index contributed by atoms with van der Waals surface area (Å²) in [4.78, 5) is 26.1. The molecule has 0 unspecified atom stereocenters. The Hall–Kier alpha value is -2.54. The van der Waals surface area contributed by atoms with Crippen molar-refractivity contribution in [3.63, 3.8) is 0 Å². The largest absolute Gasteiger partial charge is 0.486 e. The maximum Gasteiger partial charge on any atom is 0.243 e. The Balaban J connectivity index is 1.56. The molecule has 1 aliphatic rings. The van der Waals surface area contributed by atoms with Gasteiger partial charge in [-0.05, 0) is 48.4 Å². The molecule has 7 heteroatoms. The molecule has 3 rings (SSSR count). The van der Waals surface area contributed by atoms with Gasteiger partial charge in [-0.15, -0.1) is 0 Å². The van der Waals surface area contributed by atoms with E-state index in [-0.39, 0.29) is 24.8 Å². The van der Waals surface area contributed by atoms with Crippen LogP contribution in [0.2, 0.25) is 0 Å². The van der Waals surface area contributed by atoms with Crippen molar-refractivity contribution in [2.75, 3.05) is 32.1 Å². The molecule has 6 nitrogen and oxygen atoms in total. The van der Waals surface area contributed by atoms with Crippen molar-refractivity contribution < 1.29 is 19.1 Å². The molecule has 0 bridgehead atoms. The number of aryl methyl sites for hydroxylation is 1. The Morgan fingerprint density at radius 2 is 1.85 bits per heavy atom. The van der Waals surface area contributed by atoms with E-state index in [2.05, 4.69) is 21.2 Å². The lowest BCUT2D eigenvalue weighted by Crippen LogP contribution is -2.35. The lowest BCUT2D eigenvalue weighted by molar-refractivity contribution is -0.132. The minimum Gasteiger partial charge on any atom is -0.486 e. The standard InChI is InChI=1S/C20H21BrN2O4/c1-13-9-15(21)4-5-16(13)22-19(24)12-23(2)20(25)11-14-3-6-17-18(10-14)27-8-7-26-17/h3-6,9-10H,7-8,11-12H2,1-2H3,(H,22,24). The molecule has 0 fully saturated rings. The molecule has 2 aromatic carbocycles. The van der Waals surface area contributed by atoms with Crippen LogP contribution in [0, 0.1) is 6.92 Å². The van der Waals surface area contributed by atoms with Crippen LogP contribution in [0.5, 0.6) is 11.5 Å². The fourth-order valence-electron chi connectivity index (χ4n) is 2.77. The number of hydrogen-bond acceptors (Lipinski definition) is 4. The van der Waals surface area contributed by atoms with E-state index in [1.165, 1.54) is 4.90 Å². The number of ether oxygens (including phenoxy) is 2. The molecular weight excluding hydrogens is 412 g/mol. The minimum atomic E-state index is -0.238. The van der Waals surface area contributed by atoms with Gasteiger partial charge in [-0.1, -0.05) is 22.0 Å². The summed E-state index contributed by atoms with van der Waals surface area (Å²) in [7, 11) is 1.62. The SMILES string of the molecule is Cc1cc(Br)ccc1NC(=O)CN(C)C(=O)Cc1ccc2c(c1)OCCO2. The second-order valence-electron chi connectivity index (χ2n) is 6.41. The molecule has 1 aliphatic heterocycles. The second kappa shape index (κ2) is 8.43. The van der Waals surface area contributed by atoms with Gasteiger partial charge in [0.2, 0.25) is 11.8 Å². The Morgan fingerprint density at radius 1 is 1.11 bits per heavy atom. The third-order valence-electron chi connectivity index (χ3n) is 4.23. The van der Waals surface area contributed by atoms with Crippen LogP contribution in [0.15, 0.2) is 40.9 Å². The predicted octanol–water partition coefficient (Wildman–Crippen LogP) is 3.17. The monoisotopic (exact) mass is 432 g/mol. The molecule has 0 aromatic heterocycles. The third kappa shape index (κ3) is 5.01. The highest BCUT2D eigenvalue weighted by atomic mass is 79.9. The average molecular weight is 433 g/mol. The van der Waals surface area contributed by atoms with Crippen LogP contribution in [0.4, 0.5) is 5.69 Å². The third-order valence-corrected chi connectivity index (χ3v) is 4.72. The maximum absolute atomic E-state index is 12.4. The van der Waals surface area contributed by atoms with Crippen LogP contribution < -0.4 is 14.8 Å². The Morgan fingerprint density at radius 3 is 2.59 bits per heavy atom. The van der Waals surface area contributed by atoms with Crippen molar-refractivity contribution in [2.24, 2.45) is 0 Å². The van der Waals surface area contributed by atoms with Crippen molar-refractivity contribution in [2.45, 2.75) is 13.3 Å². The predicted molar refractivity (Wildman–Crippen MR) is 106 cm³/mol. The summed E-state index contributed by atoms with van der Waals surface area (Å²) in [5, 5.41) is 2.84. The van der Waals surface area contributed by atoms with Gasteiger partial charge in [0.15, 0.2) is 11.5 Å². The zero-order chi connectivity index (χ0) is 19.4. The van der Waals surface area contributed by atoms with E-state index in [0.717, 1.165) is 21.3 Å². The molecular formula is C20H21BrN2O4. The summed E-state index contributed by atoms with van der Waals surface area (Å²) in [6.45, 7) is 2.93. The molecule has 0 atom stereocenters. The number of carbonyl (C=O) groups is 2. The molecule has 0 aliphatic carbocycles. The Kier molecular flexibility index (Phi) is 6.01. The van der Waals surface area contributed by atoms with Crippen molar-refractivity contribution in [3.05, 3.63) is 52.0 Å². The number of likely N-dealkylation sites (N-methyl/N-ethyl adjacent to an activating group) is 1. The van der Waals surface area contributed by atoms with Crippen LogP contribution >= 0.6 is 15.9 Å². The fourth-order valence-corrected chi connectivity index (χ4v) is 3.24. The summed E-state index contributed by atoms with van der Waals surface area (Å²) >= 11 is 3.39. The van der Waals surface area contributed by atoms with Crippen molar-refractivity contribution in [1.82, 2.24) is 4.90 Å². The van der Waals surface area contributed by atoms with Gasteiger partial charge < -0.3 is 19.7 Å². The molecule has 0 spiro atoms. The first-order chi connectivity index (χ1) is 12.9. The molecule has 0 saturated heterocycles. The molecule has 1 N–H and O–H groups in total. The van der Waals surface area contributed by atoms with E-state index in [1.54, 1.807) is 13.1 Å². The van der Waals surface area contributed by atoms with Gasteiger partial charge >= 0.3 is 0 Å². The van der Waals surface area contributed by atoms with E-state index in [4.69, 9.17) is 9.47 Å². The number of hydrogen-bond donors (Lipinski definition) is 1. The van der Waals surface area contributed by atoms with E-state index < -0.39 is 0 Å². The van der Waals surface area contributed by atoms with E-state index in [9.17, 15) is 9.59 Å². The van der Waals surface area contributed by atoms with Crippen molar-refractivity contribution >= 4 is 33.4 Å². The number of anilines is 1. The first kappa shape index (κ1) is 19.2.